The molecule has 8 heteroatoms. The van der Waals surface area contributed by atoms with Crippen LogP contribution < -0.4 is 4.90 Å². The van der Waals surface area contributed by atoms with Gasteiger partial charge in [0.25, 0.3) is 11.8 Å². The number of carbonyl (C=O) groups excluding carboxylic acids is 2. The van der Waals surface area contributed by atoms with E-state index >= 15 is 0 Å². The Bertz CT molecular complexity index is 950. The molecule has 2 aromatic rings. The van der Waals surface area contributed by atoms with E-state index in [2.05, 4.69) is 11.8 Å². The van der Waals surface area contributed by atoms with Gasteiger partial charge in [-0.2, -0.15) is 0 Å². The molecule has 0 bridgehead atoms. The lowest BCUT2D eigenvalue weighted by Crippen LogP contribution is -2.47. The van der Waals surface area contributed by atoms with Crippen molar-refractivity contribution in [1.82, 2.24) is 9.80 Å². The van der Waals surface area contributed by atoms with Gasteiger partial charge in [0.15, 0.2) is 0 Å². The van der Waals surface area contributed by atoms with Gasteiger partial charge in [-0.3, -0.25) is 9.59 Å². The summed E-state index contributed by atoms with van der Waals surface area (Å²) in [6.45, 7) is 6.22. The Labute approximate surface area is 177 Å². The highest BCUT2D eigenvalue weighted by Gasteiger charge is 2.44. The number of imide groups is 1. The molecule has 28 heavy (non-hydrogen) atoms. The summed E-state index contributed by atoms with van der Waals surface area (Å²) in [6, 6.07) is 8.72. The molecule has 0 aliphatic carbocycles. The quantitative estimate of drug-likeness (QED) is 0.681. The number of carbonyl (C=O) groups is 2. The van der Waals surface area contributed by atoms with Gasteiger partial charge in [0.1, 0.15) is 5.70 Å². The van der Waals surface area contributed by atoms with Crippen molar-refractivity contribution in [3.8, 4) is 0 Å². The summed E-state index contributed by atoms with van der Waals surface area (Å²) >= 11 is 13.9. The lowest BCUT2D eigenvalue weighted by atomic mass is 10.1. The minimum absolute atomic E-state index is 0.202. The monoisotopic (exact) mass is 435 g/mol. The minimum atomic E-state index is -0.357. The van der Waals surface area contributed by atoms with Gasteiger partial charge < -0.3 is 9.80 Å². The number of rotatable bonds is 4. The molecule has 0 N–H and O–H groups in total. The number of likely N-dealkylation sites (N-methyl/N-ethyl adjacent to an activating group) is 1. The van der Waals surface area contributed by atoms with Crippen LogP contribution in [0.4, 0.5) is 5.69 Å². The number of hydrogen-bond donors (Lipinski definition) is 0. The van der Waals surface area contributed by atoms with Crippen molar-refractivity contribution in [2.24, 2.45) is 0 Å². The van der Waals surface area contributed by atoms with E-state index in [0.717, 1.165) is 29.4 Å². The van der Waals surface area contributed by atoms with Gasteiger partial charge in [-0.15, -0.1) is 11.3 Å². The zero-order valence-corrected chi connectivity index (χ0v) is 17.7. The first-order valence-corrected chi connectivity index (χ1v) is 10.7. The Morgan fingerprint density at radius 3 is 2.39 bits per heavy atom. The van der Waals surface area contributed by atoms with Crippen LogP contribution in [-0.4, -0.2) is 54.3 Å². The van der Waals surface area contributed by atoms with Crippen molar-refractivity contribution in [3.63, 3.8) is 0 Å². The van der Waals surface area contributed by atoms with Crippen LogP contribution in [0.2, 0.25) is 10.0 Å². The Balaban J connectivity index is 1.78. The predicted octanol–water partition coefficient (Wildman–Crippen LogP) is 3.98. The topological polar surface area (TPSA) is 43.9 Å². The highest BCUT2D eigenvalue weighted by molar-refractivity contribution is 7.11. The number of halogens is 2. The molecule has 0 atom stereocenters. The maximum Gasteiger partial charge on any atom is 0.282 e. The molecule has 1 aromatic carbocycles. The van der Waals surface area contributed by atoms with Crippen molar-refractivity contribution in [2.45, 2.75) is 6.92 Å². The van der Waals surface area contributed by atoms with Gasteiger partial charge >= 0.3 is 0 Å². The molecule has 4 rings (SSSR count). The maximum absolute atomic E-state index is 13.4. The lowest BCUT2D eigenvalue weighted by molar-refractivity contribution is -0.120. The van der Waals surface area contributed by atoms with Crippen LogP contribution in [0, 0.1) is 0 Å². The van der Waals surface area contributed by atoms with Gasteiger partial charge in [-0.1, -0.05) is 42.3 Å². The van der Waals surface area contributed by atoms with Crippen LogP contribution >= 0.6 is 34.5 Å². The van der Waals surface area contributed by atoms with E-state index < -0.39 is 0 Å². The first-order valence-electron chi connectivity index (χ1n) is 9.11. The summed E-state index contributed by atoms with van der Waals surface area (Å²) < 4.78 is 0. The Kier molecular flexibility index (Phi) is 5.47. The van der Waals surface area contributed by atoms with E-state index in [4.69, 9.17) is 23.2 Å². The van der Waals surface area contributed by atoms with Crippen LogP contribution in [0.15, 0.2) is 41.4 Å². The molecule has 2 aliphatic rings. The Morgan fingerprint density at radius 2 is 1.75 bits per heavy atom. The number of thiophene rings is 1. The highest BCUT2D eigenvalue weighted by Crippen LogP contribution is 2.40. The molecular weight excluding hydrogens is 417 g/mol. The SMILES string of the molecule is CCN1CCN(C2=C(c3cccs3)C(=O)N(c3cccc(Cl)c3Cl)C2=O)CC1. The van der Waals surface area contributed by atoms with Crippen molar-refractivity contribution in [2.75, 3.05) is 37.6 Å². The lowest BCUT2D eigenvalue weighted by Gasteiger charge is -2.35. The van der Waals surface area contributed by atoms with E-state index in [1.54, 1.807) is 18.2 Å². The number of piperazine rings is 1. The third-order valence-corrected chi connectivity index (χ3v) is 6.83. The zero-order valence-electron chi connectivity index (χ0n) is 15.3. The third-order valence-electron chi connectivity index (χ3n) is 5.13. The first-order chi connectivity index (χ1) is 13.5. The van der Waals surface area contributed by atoms with Gasteiger partial charge in [0.05, 0.1) is 21.3 Å². The molecule has 2 aliphatic heterocycles. The van der Waals surface area contributed by atoms with Crippen LogP contribution in [0.1, 0.15) is 11.8 Å². The molecule has 0 unspecified atom stereocenters. The van der Waals surface area contributed by atoms with Gasteiger partial charge in [-0.05, 0) is 30.1 Å². The summed E-state index contributed by atoms with van der Waals surface area (Å²) in [4.78, 5) is 33.1. The van der Waals surface area contributed by atoms with E-state index in [1.807, 2.05) is 22.4 Å². The van der Waals surface area contributed by atoms with E-state index in [0.29, 0.717) is 35.1 Å². The molecule has 1 fully saturated rings. The second-order valence-corrected chi connectivity index (χ2v) is 8.37. The highest BCUT2D eigenvalue weighted by atomic mass is 35.5. The van der Waals surface area contributed by atoms with Crippen LogP contribution in [0.25, 0.3) is 5.57 Å². The second-order valence-electron chi connectivity index (χ2n) is 6.64. The largest absolute Gasteiger partial charge is 0.364 e. The molecule has 1 saturated heterocycles. The normalized spacial score (nSPS) is 18.5. The zero-order chi connectivity index (χ0) is 19.8. The van der Waals surface area contributed by atoms with Gasteiger partial charge in [-0.25, -0.2) is 4.90 Å². The smallest absolute Gasteiger partial charge is 0.282 e. The molecule has 3 heterocycles. The molecule has 5 nitrogen and oxygen atoms in total. The number of amides is 2. The Morgan fingerprint density at radius 1 is 1.00 bits per heavy atom. The van der Waals surface area contributed by atoms with Gasteiger partial charge in [0, 0.05) is 31.1 Å². The third kappa shape index (κ3) is 3.24. The van der Waals surface area contributed by atoms with Crippen LogP contribution in [0.3, 0.4) is 0 Å². The van der Waals surface area contributed by atoms with Crippen LogP contribution in [-0.2, 0) is 9.59 Å². The average molecular weight is 436 g/mol. The molecule has 0 radical (unpaired) electrons. The molecule has 1 aromatic heterocycles. The maximum atomic E-state index is 13.4. The number of anilines is 1. The van der Waals surface area contributed by atoms with Crippen molar-refractivity contribution < 1.29 is 9.59 Å². The fourth-order valence-electron chi connectivity index (χ4n) is 3.63. The van der Waals surface area contributed by atoms with Crippen molar-refractivity contribution in [1.29, 1.82) is 0 Å². The standard InChI is InChI=1S/C20H19Cl2N3O2S/c1-2-23-8-10-24(11-9-23)18-16(15-7-4-12-28-15)19(26)25(20(18)27)14-6-3-5-13(21)17(14)22/h3-7,12H,2,8-11H2,1H3. The summed E-state index contributed by atoms with van der Waals surface area (Å²) in [6.07, 6.45) is 0. The molecule has 0 spiro atoms. The summed E-state index contributed by atoms with van der Waals surface area (Å²) in [7, 11) is 0. The molecule has 146 valence electrons. The van der Waals surface area contributed by atoms with E-state index in [9.17, 15) is 9.59 Å². The predicted molar refractivity (Wildman–Crippen MR) is 114 cm³/mol. The number of nitrogens with zero attached hydrogens (tertiary/aromatic N) is 3. The minimum Gasteiger partial charge on any atom is -0.364 e. The second kappa shape index (κ2) is 7.87. The average Bonchev–Trinajstić information content (AvgIpc) is 3.31. The first kappa shape index (κ1) is 19.5. The number of hydrogen-bond acceptors (Lipinski definition) is 5. The summed E-state index contributed by atoms with van der Waals surface area (Å²) in [5.41, 5.74) is 1.22. The summed E-state index contributed by atoms with van der Waals surface area (Å²) in [5, 5.41) is 2.41. The summed E-state index contributed by atoms with van der Waals surface area (Å²) in [5.74, 6) is -0.702. The molecule has 2 amide bonds. The fraction of sp³-hybridized carbons (Fsp3) is 0.300. The van der Waals surface area contributed by atoms with Crippen molar-refractivity contribution >= 4 is 57.6 Å². The number of benzene rings is 1. The molecular formula is C20H19Cl2N3O2S. The van der Waals surface area contributed by atoms with Crippen LogP contribution in [0.5, 0.6) is 0 Å². The van der Waals surface area contributed by atoms with Crippen molar-refractivity contribution in [3.05, 3.63) is 56.3 Å². The van der Waals surface area contributed by atoms with E-state index in [1.165, 1.54) is 11.3 Å². The van der Waals surface area contributed by atoms with Gasteiger partial charge in [0.2, 0.25) is 0 Å². The fourth-order valence-corrected chi connectivity index (χ4v) is 4.77. The Hall–Kier alpha value is -1.86. The van der Waals surface area contributed by atoms with E-state index in [-0.39, 0.29) is 16.8 Å². The molecule has 0 saturated carbocycles.